The number of amides is 1. The molecule has 1 fully saturated rings. The topological polar surface area (TPSA) is 81.0 Å². The number of anilines is 1. The molecule has 8 nitrogen and oxygen atoms in total. The molecule has 1 amide bonds. The van der Waals surface area contributed by atoms with E-state index in [2.05, 4.69) is 10.3 Å². The van der Waals surface area contributed by atoms with Crippen molar-refractivity contribution in [3.63, 3.8) is 0 Å². The highest BCUT2D eigenvalue weighted by molar-refractivity contribution is 7.19. The van der Waals surface area contributed by atoms with Crippen molar-refractivity contribution in [3.8, 4) is 10.6 Å². The number of nitrogens with one attached hydrogen (secondary N) is 1. The van der Waals surface area contributed by atoms with Crippen LogP contribution in [0.25, 0.3) is 10.6 Å². The number of thiazole rings is 1. The molecule has 2 aromatic rings. The van der Waals surface area contributed by atoms with E-state index in [1.807, 2.05) is 0 Å². The average molecular weight is 528 g/mol. The molecule has 2 aliphatic heterocycles. The van der Waals surface area contributed by atoms with E-state index in [9.17, 15) is 22.4 Å². The third-order valence-electron chi connectivity index (χ3n) is 6.50. The van der Waals surface area contributed by atoms with Gasteiger partial charge in [0.2, 0.25) is 0 Å². The van der Waals surface area contributed by atoms with E-state index in [0.717, 1.165) is 23.5 Å². The first-order chi connectivity index (χ1) is 16.9. The van der Waals surface area contributed by atoms with Crippen LogP contribution in [0.15, 0.2) is 29.7 Å². The maximum absolute atomic E-state index is 14.8. The van der Waals surface area contributed by atoms with Crippen molar-refractivity contribution in [2.75, 3.05) is 53.6 Å². The molecule has 36 heavy (non-hydrogen) atoms. The van der Waals surface area contributed by atoms with E-state index in [-0.39, 0.29) is 40.3 Å². The molecule has 0 bridgehead atoms. The number of nitrogens with zero attached hydrogens (tertiary/aromatic N) is 5. The van der Waals surface area contributed by atoms with E-state index >= 15 is 0 Å². The van der Waals surface area contributed by atoms with Gasteiger partial charge < -0.3 is 20.9 Å². The number of hydrazine groups is 1. The summed E-state index contributed by atoms with van der Waals surface area (Å²) in [6, 6.07) is 3.14. The van der Waals surface area contributed by atoms with Crippen molar-refractivity contribution < 1.29 is 22.4 Å². The summed E-state index contributed by atoms with van der Waals surface area (Å²) in [5.41, 5.74) is 5.85. The van der Waals surface area contributed by atoms with Gasteiger partial charge in [0.05, 0.1) is 24.4 Å². The second kappa shape index (κ2) is 9.87. The molecule has 196 valence electrons. The normalized spacial score (nSPS) is 20.9. The fraction of sp³-hybridized carbons (Fsp3) is 0.478. The number of halogens is 4. The predicted octanol–water partition coefficient (Wildman–Crippen LogP) is 3.02. The Morgan fingerprint density at radius 1 is 1.25 bits per heavy atom. The Hall–Kier alpha value is -2.90. The molecule has 0 aliphatic carbocycles. The van der Waals surface area contributed by atoms with Gasteiger partial charge in [0.15, 0.2) is 5.69 Å². The van der Waals surface area contributed by atoms with Crippen molar-refractivity contribution in [1.29, 1.82) is 0 Å². The van der Waals surface area contributed by atoms with Crippen LogP contribution < -0.4 is 11.1 Å². The third-order valence-corrected chi connectivity index (χ3v) is 7.41. The molecule has 1 atom stereocenters. The van der Waals surface area contributed by atoms with Crippen molar-refractivity contribution in [1.82, 2.24) is 30.1 Å². The van der Waals surface area contributed by atoms with Crippen LogP contribution in [-0.2, 0) is 0 Å². The summed E-state index contributed by atoms with van der Waals surface area (Å²) in [7, 11) is 7.08. The summed E-state index contributed by atoms with van der Waals surface area (Å²) in [5, 5.41) is 6.17. The van der Waals surface area contributed by atoms with Gasteiger partial charge in [0.1, 0.15) is 27.5 Å². The number of carbonyl (C=O) groups excluding carboxylic acids is 1. The number of likely N-dealkylation sites (N-methyl/N-ethyl adjacent to an activating group) is 1. The van der Waals surface area contributed by atoms with Crippen molar-refractivity contribution in [2.24, 2.45) is 0 Å². The quantitative estimate of drug-likeness (QED) is 0.579. The number of benzene rings is 1. The second-order valence-corrected chi connectivity index (χ2v) is 10.3. The maximum atomic E-state index is 14.8. The fourth-order valence-corrected chi connectivity index (χ4v) is 5.43. The number of nitrogens with two attached hydrogens (primary N) is 1. The molecule has 4 rings (SSSR count). The van der Waals surface area contributed by atoms with Gasteiger partial charge in [0.25, 0.3) is 11.8 Å². The first kappa shape index (κ1) is 26.2. The second-order valence-electron chi connectivity index (χ2n) is 9.31. The molecule has 3 N–H and O–H groups in total. The summed E-state index contributed by atoms with van der Waals surface area (Å²) >= 11 is 0.792. The number of carbonyl (C=O) groups is 1. The van der Waals surface area contributed by atoms with Crippen LogP contribution in [0.1, 0.15) is 23.3 Å². The van der Waals surface area contributed by atoms with Gasteiger partial charge in [-0.15, -0.1) is 0 Å². The summed E-state index contributed by atoms with van der Waals surface area (Å²) in [6.07, 6.45) is 0.275. The number of nitrogen functional groups attached to an aromatic ring is 1. The molecule has 0 spiro atoms. The highest BCUT2D eigenvalue weighted by Crippen LogP contribution is 2.35. The van der Waals surface area contributed by atoms with Gasteiger partial charge in [0, 0.05) is 33.1 Å². The minimum absolute atomic E-state index is 0.0119. The van der Waals surface area contributed by atoms with Crippen molar-refractivity contribution in [3.05, 3.63) is 47.0 Å². The van der Waals surface area contributed by atoms with Gasteiger partial charge in [-0.2, -0.15) is 0 Å². The Kier molecular flexibility index (Phi) is 7.17. The summed E-state index contributed by atoms with van der Waals surface area (Å²) < 4.78 is 58.1. The summed E-state index contributed by atoms with van der Waals surface area (Å²) in [4.78, 5) is 20.6. The molecule has 1 saturated heterocycles. The van der Waals surface area contributed by atoms with Crippen molar-refractivity contribution >= 4 is 22.2 Å². The lowest BCUT2D eigenvalue weighted by Gasteiger charge is -2.33. The Labute approximate surface area is 210 Å². The highest BCUT2D eigenvalue weighted by Gasteiger charge is 2.42. The Bertz CT molecular complexity index is 1160. The fourth-order valence-electron chi connectivity index (χ4n) is 4.55. The lowest BCUT2D eigenvalue weighted by atomic mass is 10.1. The lowest BCUT2D eigenvalue weighted by molar-refractivity contribution is -0.0437. The van der Waals surface area contributed by atoms with E-state index in [0.29, 0.717) is 24.5 Å². The van der Waals surface area contributed by atoms with E-state index in [1.54, 1.807) is 48.0 Å². The Morgan fingerprint density at radius 3 is 2.56 bits per heavy atom. The maximum Gasteiger partial charge on any atom is 0.277 e. The SMILES string of the molecule is CN(C)C1CCN(C2=C(NC(=O)c3nc(-c4c(F)cccc4F)sc3N)CN(C)N2C)CC(F)(F)C1. The Morgan fingerprint density at radius 2 is 1.92 bits per heavy atom. The number of rotatable bonds is 5. The number of aromatic nitrogens is 1. The predicted molar refractivity (Wildman–Crippen MR) is 130 cm³/mol. The minimum Gasteiger partial charge on any atom is -0.389 e. The largest absolute Gasteiger partial charge is 0.389 e. The van der Waals surface area contributed by atoms with Gasteiger partial charge in [-0.25, -0.2) is 27.6 Å². The van der Waals surface area contributed by atoms with Crippen LogP contribution in [0.5, 0.6) is 0 Å². The van der Waals surface area contributed by atoms with Crippen molar-refractivity contribution in [2.45, 2.75) is 24.8 Å². The van der Waals surface area contributed by atoms with Gasteiger partial charge in [-0.05, 0) is 32.6 Å². The molecule has 13 heteroatoms. The van der Waals surface area contributed by atoms with E-state index in [1.165, 1.54) is 6.07 Å². The minimum atomic E-state index is -2.92. The van der Waals surface area contributed by atoms with Crippen LogP contribution in [0.3, 0.4) is 0 Å². The van der Waals surface area contributed by atoms with Crippen LogP contribution in [0.4, 0.5) is 22.6 Å². The first-order valence-electron chi connectivity index (χ1n) is 11.4. The van der Waals surface area contributed by atoms with Gasteiger partial charge in [-0.1, -0.05) is 17.4 Å². The number of alkyl halides is 2. The smallest absolute Gasteiger partial charge is 0.277 e. The van der Waals surface area contributed by atoms with E-state index in [4.69, 9.17) is 5.73 Å². The third kappa shape index (κ3) is 5.13. The van der Waals surface area contributed by atoms with Crippen LogP contribution in [0.2, 0.25) is 0 Å². The summed E-state index contributed by atoms with van der Waals surface area (Å²) in [5.74, 6) is -4.79. The zero-order chi connectivity index (χ0) is 26.4. The van der Waals surface area contributed by atoms with Gasteiger partial charge in [-0.3, -0.25) is 9.80 Å². The van der Waals surface area contributed by atoms with Crippen LogP contribution in [0, 0.1) is 11.6 Å². The Balaban J connectivity index is 1.63. The zero-order valence-electron chi connectivity index (χ0n) is 20.5. The standard InChI is InChI=1S/C23H29F4N7OS/c1-31(2)13-8-9-34(12-23(26,27)10-13)22-16(11-32(3)33(22)4)29-20(35)18-19(28)36-21(30-18)17-14(24)6-5-7-15(17)25/h5-7,13H,8-12,28H2,1-4H3,(H,29,35). The molecule has 3 heterocycles. The molecule has 2 aliphatic rings. The molecular weight excluding hydrogens is 498 g/mol. The first-order valence-corrected chi connectivity index (χ1v) is 12.2. The van der Waals surface area contributed by atoms with Crippen LogP contribution >= 0.6 is 11.3 Å². The van der Waals surface area contributed by atoms with Crippen LogP contribution in [-0.4, -0.2) is 90.5 Å². The summed E-state index contributed by atoms with van der Waals surface area (Å²) in [6.45, 7) is 0.149. The highest BCUT2D eigenvalue weighted by atomic mass is 32.1. The lowest BCUT2D eigenvalue weighted by Crippen LogP contribution is -2.42. The molecule has 0 radical (unpaired) electrons. The number of hydrogen-bond acceptors (Lipinski definition) is 8. The zero-order valence-corrected chi connectivity index (χ0v) is 21.3. The number of likely N-dealkylation sites (tertiary alicyclic amines) is 1. The molecule has 0 saturated carbocycles. The van der Waals surface area contributed by atoms with E-state index < -0.39 is 30.0 Å². The monoisotopic (exact) mass is 527 g/mol. The molecule has 1 aromatic heterocycles. The average Bonchev–Trinajstić information content (AvgIpc) is 3.22. The molecule has 1 unspecified atom stereocenters. The molecule has 1 aromatic carbocycles. The molecular formula is C23H29F4N7OS. The van der Waals surface area contributed by atoms with Gasteiger partial charge >= 0.3 is 0 Å². The number of hydrogen-bond donors (Lipinski definition) is 2.